The van der Waals surface area contributed by atoms with Crippen molar-refractivity contribution in [2.24, 2.45) is 4.99 Å². The Morgan fingerprint density at radius 3 is 1.35 bits per heavy atom. The van der Waals surface area contributed by atoms with Crippen molar-refractivity contribution in [3.63, 3.8) is 0 Å². The van der Waals surface area contributed by atoms with Crippen LogP contribution in [0.1, 0.15) is 0 Å². The van der Waals surface area contributed by atoms with E-state index >= 15 is 0 Å². The molecule has 0 aromatic heterocycles. The number of likely N-dealkylation sites (N-methyl/N-ethyl adjacent to an activating group) is 2. The van der Waals surface area contributed by atoms with Crippen LogP contribution >= 0.6 is 0 Å². The van der Waals surface area contributed by atoms with E-state index in [1.807, 2.05) is 7.05 Å². The fourth-order valence-corrected chi connectivity index (χ4v) is 2.50. The highest BCUT2D eigenvalue weighted by Crippen LogP contribution is 2.07. The number of rotatable bonds is 0. The second-order valence-corrected chi connectivity index (χ2v) is 5.10. The molecule has 0 unspecified atom stereocenters. The minimum atomic E-state index is 1.11. The van der Waals surface area contributed by atoms with Gasteiger partial charge in [-0.3, -0.25) is 4.99 Å². The Balaban J connectivity index is 1.92. The lowest BCUT2D eigenvalue weighted by atomic mass is 10.3. The second kappa shape index (κ2) is 5.69. The maximum Gasteiger partial charge on any atom is 0.196 e. The summed E-state index contributed by atoms with van der Waals surface area (Å²) in [5, 5.41) is 0. The summed E-state index contributed by atoms with van der Waals surface area (Å²) >= 11 is 0. The number of nitrogens with zero attached hydrogens (tertiary/aromatic N) is 5. The van der Waals surface area contributed by atoms with Crippen molar-refractivity contribution >= 4 is 5.96 Å². The minimum absolute atomic E-state index is 1.11. The lowest BCUT2D eigenvalue weighted by molar-refractivity contribution is 0.167. The second-order valence-electron chi connectivity index (χ2n) is 5.10. The van der Waals surface area contributed by atoms with Gasteiger partial charge in [0.15, 0.2) is 5.96 Å². The highest BCUT2D eigenvalue weighted by molar-refractivity contribution is 5.80. The van der Waals surface area contributed by atoms with E-state index in [-0.39, 0.29) is 0 Å². The Morgan fingerprint density at radius 2 is 1.06 bits per heavy atom. The molecular formula is C12H25N5. The van der Waals surface area contributed by atoms with Gasteiger partial charge in [-0.2, -0.15) is 0 Å². The average molecular weight is 239 g/mol. The molecule has 17 heavy (non-hydrogen) atoms. The zero-order valence-corrected chi connectivity index (χ0v) is 11.4. The molecular weight excluding hydrogens is 214 g/mol. The summed E-state index contributed by atoms with van der Waals surface area (Å²) in [5.41, 5.74) is 0. The van der Waals surface area contributed by atoms with E-state index in [0.29, 0.717) is 0 Å². The smallest absolute Gasteiger partial charge is 0.196 e. The molecule has 5 heteroatoms. The van der Waals surface area contributed by atoms with Crippen molar-refractivity contribution in [2.75, 3.05) is 73.5 Å². The van der Waals surface area contributed by atoms with Crippen LogP contribution in [-0.4, -0.2) is 99.1 Å². The Labute approximate surface area is 105 Å². The molecule has 2 rings (SSSR count). The molecule has 2 saturated heterocycles. The zero-order valence-electron chi connectivity index (χ0n) is 11.4. The van der Waals surface area contributed by atoms with Crippen LogP contribution in [0.25, 0.3) is 0 Å². The standard InChI is InChI=1S/C12H25N5/c1-13-12(16-8-4-14(2)5-9-16)17-10-6-15(3)7-11-17/h4-11H2,1-3H3. The first-order valence-corrected chi connectivity index (χ1v) is 6.54. The molecule has 0 spiro atoms. The molecule has 0 amide bonds. The highest BCUT2D eigenvalue weighted by atomic mass is 15.4. The molecule has 0 radical (unpaired) electrons. The molecule has 0 atom stereocenters. The summed E-state index contributed by atoms with van der Waals surface area (Å²) in [6, 6.07) is 0. The summed E-state index contributed by atoms with van der Waals surface area (Å²) < 4.78 is 0. The summed E-state index contributed by atoms with van der Waals surface area (Å²) in [7, 11) is 6.30. The van der Waals surface area contributed by atoms with Gasteiger partial charge in [-0.05, 0) is 14.1 Å². The van der Waals surface area contributed by atoms with E-state index in [1.54, 1.807) is 0 Å². The topological polar surface area (TPSA) is 25.3 Å². The number of hydrogen-bond donors (Lipinski definition) is 0. The monoisotopic (exact) mass is 239 g/mol. The molecule has 2 fully saturated rings. The third-order valence-corrected chi connectivity index (χ3v) is 3.77. The number of piperazine rings is 2. The van der Waals surface area contributed by atoms with Gasteiger partial charge in [0, 0.05) is 59.4 Å². The number of aliphatic imine (C=N–C) groups is 1. The van der Waals surface area contributed by atoms with Crippen molar-refractivity contribution < 1.29 is 0 Å². The van der Waals surface area contributed by atoms with Gasteiger partial charge in [0.05, 0.1) is 0 Å². The van der Waals surface area contributed by atoms with E-state index in [0.717, 1.165) is 52.4 Å². The van der Waals surface area contributed by atoms with Gasteiger partial charge in [-0.15, -0.1) is 0 Å². The van der Waals surface area contributed by atoms with Crippen molar-refractivity contribution in [3.8, 4) is 0 Å². The Kier molecular flexibility index (Phi) is 4.23. The third-order valence-electron chi connectivity index (χ3n) is 3.77. The largest absolute Gasteiger partial charge is 0.340 e. The first kappa shape index (κ1) is 12.6. The average Bonchev–Trinajstić information content (AvgIpc) is 2.35. The van der Waals surface area contributed by atoms with Gasteiger partial charge in [0.1, 0.15) is 0 Å². The summed E-state index contributed by atoms with van der Waals surface area (Å²) in [6.07, 6.45) is 0. The van der Waals surface area contributed by atoms with Crippen LogP contribution in [-0.2, 0) is 0 Å². The quantitative estimate of drug-likeness (QED) is 0.419. The summed E-state index contributed by atoms with van der Waals surface area (Å²) in [5.74, 6) is 1.20. The van der Waals surface area contributed by atoms with Crippen molar-refractivity contribution in [2.45, 2.75) is 0 Å². The Hall–Kier alpha value is -0.810. The van der Waals surface area contributed by atoms with E-state index in [4.69, 9.17) is 0 Å². The zero-order chi connectivity index (χ0) is 12.3. The van der Waals surface area contributed by atoms with Crippen LogP contribution < -0.4 is 0 Å². The van der Waals surface area contributed by atoms with Gasteiger partial charge >= 0.3 is 0 Å². The molecule has 0 saturated carbocycles. The summed E-state index contributed by atoms with van der Waals surface area (Å²) in [6.45, 7) is 9.01. The first-order chi connectivity index (χ1) is 8.20. The molecule has 2 aliphatic heterocycles. The van der Waals surface area contributed by atoms with Crippen LogP contribution in [0.15, 0.2) is 4.99 Å². The van der Waals surface area contributed by atoms with Gasteiger partial charge in [-0.25, -0.2) is 0 Å². The van der Waals surface area contributed by atoms with Gasteiger partial charge < -0.3 is 19.6 Å². The van der Waals surface area contributed by atoms with Crippen LogP contribution in [0, 0.1) is 0 Å². The Morgan fingerprint density at radius 1 is 0.706 bits per heavy atom. The molecule has 2 heterocycles. The molecule has 0 aromatic carbocycles. The minimum Gasteiger partial charge on any atom is -0.340 e. The Bertz CT molecular complexity index is 238. The van der Waals surface area contributed by atoms with Gasteiger partial charge in [-0.1, -0.05) is 0 Å². The molecule has 0 bridgehead atoms. The van der Waals surface area contributed by atoms with Gasteiger partial charge in [0.2, 0.25) is 0 Å². The van der Waals surface area contributed by atoms with Crippen LogP contribution in [0.4, 0.5) is 0 Å². The lowest BCUT2D eigenvalue weighted by Gasteiger charge is -2.41. The fourth-order valence-electron chi connectivity index (χ4n) is 2.50. The maximum absolute atomic E-state index is 4.52. The van der Waals surface area contributed by atoms with Crippen LogP contribution in [0.2, 0.25) is 0 Å². The number of guanidine groups is 1. The fraction of sp³-hybridized carbons (Fsp3) is 0.917. The molecule has 2 aliphatic rings. The normalized spacial score (nSPS) is 23.9. The molecule has 0 aromatic rings. The number of hydrogen-bond acceptors (Lipinski definition) is 3. The molecule has 0 aliphatic carbocycles. The first-order valence-electron chi connectivity index (χ1n) is 6.54. The third kappa shape index (κ3) is 3.10. The highest BCUT2D eigenvalue weighted by Gasteiger charge is 2.23. The predicted molar refractivity (Wildman–Crippen MR) is 71.5 cm³/mol. The predicted octanol–water partition coefficient (Wildman–Crippen LogP) is -0.533. The SMILES string of the molecule is CN=C(N1CCN(C)CC1)N1CCN(C)CC1. The maximum atomic E-state index is 4.52. The summed E-state index contributed by atoms with van der Waals surface area (Å²) in [4.78, 5) is 14.2. The lowest BCUT2D eigenvalue weighted by Crippen LogP contribution is -2.56. The van der Waals surface area contributed by atoms with Crippen molar-refractivity contribution in [3.05, 3.63) is 0 Å². The van der Waals surface area contributed by atoms with Crippen LogP contribution in [0.5, 0.6) is 0 Å². The van der Waals surface area contributed by atoms with E-state index < -0.39 is 0 Å². The molecule has 0 N–H and O–H groups in total. The van der Waals surface area contributed by atoms with E-state index in [1.165, 1.54) is 5.96 Å². The van der Waals surface area contributed by atoms with E-state index in [2.05, 4.69) is 38.7 Å². The van der Waals surface area contributed by atoms with Crippen LogP contribution in [0.3, 0.4) is 0 Å². The van der Waals surface area contributed by atoms with Gasteiger partial charge in [0.25, 0.3) is 0 Å². The molecule has 5 nitrogen and oxygen atoms in total. The molecule has 98 valence electrons. The van der Waals surface area contributed by atoms with Crippen molar-refractivity contribution in [1.82, 2.24) is 19.6 Å². The van der Waals surface area contributed by atoms with Crippen molar-refractivity contribution in [1.29, 1.82) is 0 Å². The van der Waals surface area contributed by atoms with E-state index in [9.17, 15) is 0 Å².